The number of halogens is 1. The smallest absolute Gasteiger partial charge is 0.158 e. The fourth-order valence-electron chi connectivity index (χ4n) is 2.05. The highest BCUT2D eigenvalue weighted by Crippen LogP contribution is 2.25. The Hall–Kier alpha value is -0.520. The van der Waals surface area contributed by atoms with Crippen molar-refractivity contribution in [3.63, 3.8) is 0 Å². The molecular formula is C13H20ClN3OS. The summed E-state index contributed by atoms with van der Waals surface area (Å²) in [5, 5.41) is 1.17. The molecule has 0 aliphatic carbocycles. The minimum atomic E-state index is 0.420. The van der Waals surface area contributed by atoms with Gasteiger partial charge in [-0.05, 0) is 13.3 Å². The van der Waals surface area contributed by atoms with E-state index in [0.29, 0.717) is 29.4 Å². The van der Waals surface area contributed by atoms with E-state index in [1.807, 2.05) is 24.8 Å². The van der Waals surface area contributed by atoms with Gasteiger partial charge in [0, 0.05) is 36.8 Å². The Morgan fingerprint density at radius 1 is 1.47 bits per heavy atom. The van der Waals surface area contributed by atoms with E-state index in [-0.39, 0.29) is 0 Å². The highest BCUT2D eigenvalue weighted by atomic mass is 35.5. The maximum absolute atomic E-state index is 6.08. The topological polar surface area (TPSA) is 38.2 Å². The number of nitrogens with zero attached hydrogens (tertiary/aromatic N) is 3. The lowest BCUT2D eigenvalue weighted by molar-refractivity contribution is 0.128. The summed E-state index contributed by atoms with van der Waals surface area (Å²) in [6.07, 6.45) is 1.19. The van der Waals surface area contributed by atoms with E-state index < -0.39 is 0 Å². The fourth-order valence-corrected chi connectivity index (χ4v) is 3.42. The molecule has 0 aromatic carbocycles. The molecule has 1 aromatic rings. The van der Waals surface area contributed by atoms with E-state index in [9.17, 15) is 0 Å². The van der Waals surface area contributed by atoms with Crippen molar-refractivity contribution >= 4 is 29.2 Å². The van der Waals surface area contributed by atoms with E-state index >= 15 is 0 Å². The summed E-state index contributed by atoms with van der Waals surface area (Å²) in [7, 11) is 0. The lowest BCUT2D eigenvalue weighted by Gasteiger charge is -2.32. The average Bonchev–Trinajstić information content (AvgIpc) is 2.44. The molecule has 1 saturated heterocycles. The summed E-state index contributed by atoms with van der Waals surface area (Å²) < 4.78 is 5.35. The van der Waals surface area contributed by atoms with Crippen LogP contribution in [0.3, 0.4) is 0 Å². The van der Waals surface area contributed by atoms with Crippen molar-refractivity contribution in [2.45, 2.75) is 32.1 Å². The molecule has 6 heteroatoms. The molecule has 1 aliphatic heterocycles. The molecule has 2 rings (SSSR count). The van der Waals surface area contributed by atoms with Crippen LogP contribution in [0.5, 0.6) is 0 Å². The fraction of sp³-hybridized carbons (Fsp3) is 0.692. The summed E-state index contributed by atoms with van der Waals surface area (Å²) in [5.74, 6) is 2.73. The van der Waals surface area contributed by atoms with Crippen molar-refractivity contribution in [2.24, 2.45) is 0 Å². The summed E-state index contributed by atoms with van der Waals surface area (Å²) in [6.45, 7) is 7.31. The van der Waals surface area contributed by atoms with E-state index in [2.05, 4.69) is 21.8 Å². The Kier molecular flexibility index (Phi) is 5.73. The van der Waals surface area contributed by atoms with Crippen LogP contribution in [-0.2, 0) is 11.3 Å². The molecule has 1 fully saturated rings. The molecule has 1 aromatic heterocycles. The largest absolute Gasteiger partial charge is 0.374 e. The Morgan fingerprint density at radius 2 is 2.32 bits per heavy atom. The first-order chi connectivity index (χ1) is 9.22. The number of rotatable bonds is 5. The predicted octanol–water partition coefficient (Wildman–Crippen LogP) is 3.00. The van der Waals surface area contributed by atoms with Gasteiger partial charge in [0.05, 0.1) is 0 Å². The van der Waals surface area contributed by atoms with Crippen molar-refractivity contribution in [1.29, 1.82) is 0 Å². The third-order valence-corrected chi connectivity index (χ3v) is 4.65. The van der Waals surface area contributed by atoms with Gasteiger partial charge in [0.15, 0.2) is 5.82 Å². The molecule has 0 N–H and O–H groups in total. The Morgan fingerprint density at radius 3 is 3.05 bits per heavy atom. The van der Waals surface area contributed by atoms with Crippen molar-refractivity contribution in [3.8, 4) is 0 Å². The summed E-state index contributed by atoms with van der Waals surface area (Å²) in [5.41, 5.74) is 0. The van der Waals surface area contributed by atoms with Gasteiger partial charge < -0.3 is 9.64 Å². The van der Waals surface area contributed by atoms with Gasteiger partial charge in [-0.25, -0.2) is 9.97 Å². The van der Waals surface area contributed by atoms with Crippen molar-refractivity contribution in [2.75, 3.05) is 30.3 Å². The van der Waals surface area contributed by atoms with Crippen LogP contribution in [0.1, 0.15) is 26.1 Å². The van der Waals surface area contributed by atoms with E-state index in [4.69, 9.17) is 16.3 Å². The van der Waals surface area contributed by atoms with Gasteiger partial charge >= 0.3 is 0 Å². The van der Waals surface area contributed by atoms with Crippen LogP contribution >= 0.6 is 23.4 Å². The molecular weight excluding hydrogens is 282 g/mol. The Balaban J connectivity index is 2.11. The van der Waals surface area contributed by atoms with E-state index in [1.54, 1.807) is 0 Å². The highest BCUT2D eigenvalue weighted by Gasteiger charge is 2.20. The van der Waals surface area contributed by atoms with Crippen LogP contribution in [-0.4, -0.2) is 40.7 Å². The van der Waals surface area contributed by atoms with Crippen LogP contribution in [0, 0.1) is 0 Å². The highest BCUT2D eigenvalue weighted by molar-refractivity contribution is 8.00. The maximum atomic E-state index is 6.08. The Labute approximate surface area is 123 Å². The molecule has 1 atom stereocenters. The number of ether oxygens (including phenoxy) is 1. The number of thioether (sulfide) groups is 1. The van der Waals surface area contributed by atoms with Gasteiger partial charge in [-0.3, -0.25) is 0 Å². The second-order valence-electron chi connectivity index (χ2n) is 4.45. The van der Waals surface area contributed by atoms with Crippen LogP contribution in [0.25, 0.3) is 0 Å². The molecule has 0 saturated carbocycles. The van der Waals surface area contributed by atoms with Crippen LogP contribution in [0.4, 0.5) is 5.82 Å². The lowest BCUT2D eigenvalue weighted by Crippen LogP contribution is -2.38. The summed E-state index contributed by atoms with van der Waals surface area (Å²) in [4.78, 5) is 11.1. The second kappa shape index (κ2) is 7.31. The third kappa shape index (κ3) is 4.23. The molecule has 0 radical (unpaired) electrons. The number of aromatic nitrogens is 2. The average molecular weight is 302 g/mol. The standard InChI is InChI=1S/C13H20ClN3OS/c1-3-10-8-17(5-6-19-10)13-7-11(14)15-12(16-13)9-18-4-2/h7,10H,3-6,8-9H2,1-2H3. The number of hydrogen-bond donors (Lipinski definition) is 0. The number of hydrogen-bond acceptors (Lipinski definition) is 5. The third-order valence-electron chi connectivity index (χ3n) is 3.08. The first-order valence-corrected chi connectivity index (χ1v) is 8.13. The van der Waals surface area contributed by atoms with Crippen molar-refractivity contribution < 1.29 is 4.74 Å². The second-order valence-corrected chi connectivity index (χ2v) is 6.24. The Bertz CT molecular complexity index is 419. The first kappa shape index (κ1) is 14.9. The molecule has 19 heavy (non-hydrogen) atoms. The molecule has 1 unspecified atom stereocenters. The van der Waals surface area contributed by atoms with E-state index in [0.717, 1.165) is 24.7 Å². The van der Waals surface area contributed by atoms with Gasteiger partial charge in [-0.15, -0.1) is 0 Å². The first-order valence-electron chi connectivity index (χ1n) is 6.70. The quantitative estimate of drug-likeness (QED) is 0.782. The van der Waals surface area contributed by atoms with Crippen molar-refractivity contribution in [1.82, 2.24) is 9.97 Å². The normalized spacial score (nSPS) is 19.7. The molecule has 0 spiro atoms. The zero-order valence-electron chi connectivity index (χ0n) is 11.4. The zero-order valence-corrected chi connectivity index (χ0v) is 13.0. The predicted molar refractivity (Wildman–Crippen MR) is 81.1 cm³/mol. The van der Waals surface area contributed by atoms with Gasteiger partial charge in [-0.2, -0.15) is 11.8 Å². The molecule has 0 amide bonds. The zero-order chi connectivity index (χ0) is 13.7. The molecule has 2 heterocycles. The van der Waals surface area contributed by atoms with Crippen LogP contribution < -0.4 is 4.90 Å². The molecule has 1 aliphatic rings. The number of anilines is 1. The lowest BCUT2D eigenvalue weighted by atomic mass is 10.3. The minimum Gasteiger partial charge on any atom is -0.374 e. The maximum Gasteiger partial charge on any atom is 0.158 e. The molecule has 106 valence electrons. The van der Waals surface area contributed by atoms with Gasteiger partial charge in [0.25, 0.3) is 0 Å². The van der Waals surface area contributed by atoms with Gasteiger partial charge in [0.1, 0.15) is 17.6 Å². The monoisotopic (exact) mass is 301 g/mol. The van der Waals surface area contributed by atoms with Gasteiger partial charge in [0.2, 0.25) is 0 Å². The molecule has 0 bridgehead atoms. The SMILES string of the molecule is CCOCc1nc(Cl)cc(N2CCSC(CC)C2)n1. The van der Waals surface area contributed by atoms with E-state index in [1.165, 1.54) is 6.42 Å². The van der Waals surface area contributed by atoms with Crippen molar-refractivity contribution in [3.05, 3.63) is 17.0 Å². The summed E-state index contributed by atoms with van der Waals surface area (Å²) >= 11 is 8.12. The molecule has 4 nitrogen and oxygen atoms in total. The summed E-state index contributed by atoms with van der Waals surface area (Å²) in [6, 6.07) is 1.85. The van der Waals surface area contributed by atoms with Crippen LogP contribution in [0.2, 0.25) is 5.15 Å². The van der Waals surface area contributed by atoms with Gasteiger partial charge in [-0.1, -0.05) is 18.5 Å². The van der Waals surface area contributed by atoms with Crippen LogP contribution in [0.15, 0.2) is 6.07 Å². The minimum absolute atomic E-state index is 0.420.